The van der Waals surface area contributed by atoms with Gasteiger partial charge in [-0.25, -0.2) is 5.26 Å². The summed E-state index contributed by atoms with van der Waals surface area (Å²) in [6.07, 6.45) is 0. The third-order valence-corrected chi connectivity index (χ3v) is 0.816. The molecule has 0 aromatic carbocycles. The highest BCUT2D eigenvalue weighted by Crippen LogP contribution is 1.81. The molecule has 0 heterocycles. The molecule has 0 aliphatic rings. The van der Waals surface area contributed by atoms with Crippen LogP contribution in [-0.2, 0) is 0 Å². The smallest absolute Gasteiger partial charge is 0.0462 e. The highest BCUT2D eigenvalue weighted by Gasteiger charge is 1.75. The van der Waals surface area contributed by atoms with E-state index < -0.39 is 0 Å². The highest BCUT2D eigenvalue weighted by molar-refractivity contribution is 7.79. The van der Waals surface area contributed by atoms with Crippen LogP contribution in [0.2, 0.25) is 0 Å². The summed E-state index contributed by atoms with van der Waals surface area (Å²) in [4.78, 5) is 0. The van der Waals surface area contributed by atoms with Crippen molar-refractivity contribution in [2.75, 3.05) is 0 Å². The molecule has 0 fully saturated rings. The lowest BCUT2D eigenvalue weighted by atomic mass is 10.3. The predicted octanol–water partition coefficient (Wildman–Crippen LogP) is 1.78. The largest absolute Gasteiger partial charge is 0.202 e. The van der Waals surface area contributed by atoms with Crippen molar-refractivity contribution < 1.29 is 0 Å². The molecule has 0 unspecified atom stereocenters. The van der Waals surface area contributed by atoms with E-state index in [1.165, 1.54) is 0 Å². The molecule has 0 spiro atoms. The molecule has 7 heavy (non-hydrogen) atoms. The Bertz CT molecular complexity index is 56.3. The van der Waals surface area contributed by atoms with E-state index in [0.29, 0.717) is 5.92 Å². The molecule has 0 aromatic heterocycles. The van der Waals surface area contributed by atoms with E-state index in [9.17, 15) is 0 Å². The number of hydrogen-bond donors (Lipinski definition) is 0. The number of nitriles is 1. The van der Waals surface area contributed by atoms with Crippen molar-refractivity contribution in [1.29, 1.82) is 5.26 Å². The summed E-state index contributed by atoms with van der Waals surface area (Å²) in [5, 5.41) is 8.25. The summed E-state index contributed by atoms with van der Waals surface area (Å²) in [6, 6.07) is 0. The van der Waals surface area contributed by atoms with Crippen LogP contribution in [0.3, 0.4) is 0 Å². The Hall–Kier alpha value is -0.420. The monoisotopic (exact) mass is 115 g/mol. The minimum absolute atomic E-state index is 0.574. The Morgan fingerprint density at radius 1 is 1.57 bits per heavy atom. The molecule has 0 rings (SSSR count). The minimum Gasteiger partial charge on any atom is -0.202 e. The van der Waals surface area contributed by atoms with Gasteiger partial charge >= 0.3 is 0 Å². The van der Waals surface area contributed by atoms with Crippen LogP contribution in [0.4, 0.5) is 0 Å². The zero-order valence-corrected chi connectivity index (χ0v) is 5.40. The van der Waals surface area contributed by atoms with E-state index in [4.69, 9.17) is 5.26 Å². The molecule has 40 valence electrons. The van der Waals surface area contributed by atoms with Crippen LogP contribution in [0.1, 0.15) is 13.8 Å². The number of hydrogen-bond acceptors (Lipinski definition) is 2. The van der Waals surface area contributed by atoms with Gasteiger partial charge in [0.1, 0.15) is 0 Å². The summed E-state index contributed by atoms with van der Waals surface area (Å²) in [6.45, 7) is 7.62. The first-order valence-corrected chi connectivity index (χ1v) is 2.45. The zero-order valence-electron chi connectivity index (χ0n) is 4.59. The molecule has 0 atom stereocenters. The first-order valence-electron chi connectivity index (χ1n) is 1.98. The molecule has 0 aromatic rings. The second kappa shape index (κ2) is 9.13. The van der Waals surface area contributed by atoms with E-state index in [1.807, 2.05) is 0 Å². The van der Waals surface area contributed by atoms with Gasteiger partial charge in [-0.15, -0.1) is 0 Å². The van der Waals surface area contributed by atoms with Crippen molar-refractivity contribution >= 4 is 17.6 Å². The molecule has 0 amide bonds. The Kier molecular flexibility index (Phi) is 12.7. The van der Waals surface area contributed by atoms with Gasteiger partial charge in [0.25, 0.3) is 0 Å². The van der Waals surface area contributed by atoms with Crippen LogP contribution in [0, 0.1) is 17.8 Å². The van der Waals surface area contributed by atoms with Gasteiger partial charge in [-0.05, 0) is 11.3 Å². The fourth-order valence-corrected chi connectivity index (χ4v) is 0. The third-order valence-electron chi connectivity index (χ3n) is 0.272. The molecular weight excluding hydrogens is 106 g/mol. The van der Waals surface area contributed by atoms with Gasteiger partial charge in [0.15, 0.2) is 0 Å². The maximum absolute atomic E-state index is 6.50. The molecular formula is C5H9NS. The average molecular weight is 115 g/mol. The molecule has 0 saturated carbocycles. The summed E-state index contributed by atoms with van der Waals surface area (Å²) >= 11 is 4.55. The maximum Gasteiger partial charge on any atom is 0.0462 e. The van der Waals surface area contributed by atoms with E-state index in [0.717, 1.165) is 0 Å². The fourth-order valence-electron chi connectivity index (χ4n) is 0. The van der Waals surface area contributed by atoms with Crippen LogP contribution in [0.25, 0.3) is 0 Å². The van der Waals surface area contributed by atoms with Crippen LogP contribution >= 0.6 is 12.2 Å². The summed E-state index contributed by atoms with van der Waals surface area (Å²) < 4.78 is 0. The van der Waals surface area contributed by atoms with Crippen molar-refractivity contribution in [3.63, 3.8) is 0 Å². The van der Waals surface area contributed by atoms with Gasteiger partial charge in [-0.2, -0.15) is 0 Å². The number of rotatable bonds is 1. The Labute approximate surface area is 50.0 Å². The van der Waals surface area contributed by atoms with Gasteiger partial charge in [0, 0.05) is 6.57 Å². The average Bonchev–Trinajstić information content (AvgIpc) is 1.73. The van der Waals surface area contributed by atoms with E-state index >= 15 is 0 Å². The lowest BCUT2D eigenvalue weighted by molar-refractivity contribution is 0.921. The fraction of sp³-hybridized carbons (Fsp3) is 0.600. The third kappa shape index (κ3) is 28.6. The quantitative estimate of drug-likeness (QED) is 0.486. The molecule has 2 heteroatoms. The summed E-state index contributed by atoms with van der Waals surface area (Å²) in [5.41, 5.74) is 0. The standard InChI is InChI=1S/C4H8S.CHN/c1-4(2)3-5;1-2/h3-4H,1-2H3;1H. The first kappa shape index (κ1) is 9.77. The Morgan fingerprint density at radius 3 is 1.71 bits per heavy atom. The van der Waals surface area contributed by atoms with Gasteiger partial charge in [-0.3, -0.25) is 0 Å². The first-order chi connectivity index (χ1) is 3.27. The predicted molar refractivity (Wildman–Crippen MR) is 35.2 cm³/mol. The highest BCUT2D eigenvalue weighted by atomic mass is 32.1. The van der Waals surface area contributed by atoms with Crippen molar-refractivity contribution in [1.82, 2.24) is 0 Å². The minimum atomic E-state index is 0.574. The molecule has 0 radical (unpaired) electrons. The van der Waals surface area contributed by atoms with Crippen molar-refractivity contribution in [3.8, 4) is 6.57 Å². The molecule has 0 N–H and O–H groups in total. The summed E-state index contributed by atoms with van der Waals surface area (Å²) in [5.74, 6) is 0.574. The summed E-state index contributed by atoms with van der Waals surface area (Å²) in [7, 11) is 0. The zero-order chi connectivity index (χ0) is 6.28. The lowest BCUT2D eigenvalue weighted by Crippen LogP contribution is -1.79. The molecule has 0 aliphatic heterocycles. The molecule has 1 nitrogen and oxygen atoms in total. The van der Waals surface area contributed by atoms with Crippen LogP contribution < -0.4 is 0 Å². The second-order valence-electron chi connectivity index (χ2n) is 1.38. The van der Waals surface area contributed by atoms with Gasteiger partial charge < -0.3 is 0 Å². The van der Waals surface area contributed by atoms with Gasteiger partial charge in [-0.1, -0.05) is 26.1 Å². The van der Waals surface area contributed by atoms with Gasteiger partial charge in [0.05, 0.1) is 0 Å². The maximum atomic E-state index is 6.50. The topological polar surface area (TPSA) is 23.8 Å². The Morgan fingerprint density at radius 2 is 1.71 bits per heavy atom. The van der Waals surface area contributed by atoms with Crippen LogP contribution in [-0.4, -0.2) is 5.37 Å². The molecule has 0 aliphatic carbocycles. The normalized spacial score (nSPS) is 6.43. The van der Waals surface area contributed by atoms with Crippen molar-refractivity contribution in [2.45, 2.75) is 13.8 Å². The Balaban J connectivity index is 0. The SMILES string of the molecule is C#N.CC(C)C=S. The molecule has 0 saturated heterocycles. The van der Waals surface area contributed by atoms with Crippen LogP contribution in [0.15, 0.2) is 0 Å². The number of nitrogens with zero attached hydrogens (tertiary/aromatic N) is 1. The lowest BCUT2D eigenvalue weighted by Gasteiger charge is -1.82. The van der Waals surface area contributed by atoms with Gasteiger partial charge in [0.2, 0.25) is 0 Å². The number of thiocarbonyl (C=S) groups is 1. The van der Waals surface area contributed by atoms with E-state index in [1.54, 1.807) is 5.37 Å². The molecule has 0 bridgehead atoms. The second-order valence-corrected chi connectivity index (χ2v) is 1.65. The van der Waals surface area contributed by atoms with E-state index in [2.05, 4.69) is 32.6 Å². The van der Waals surface area contributed by atoms with E-state index in [-0.39, 0.29) is 0 Å². The van der Waals surface area contributed by atoms with Crippen molar-refractivity contribution in [2.24, 2.45) is 5.92 Å². The van der Waals surface area contributed by atoms with Crippen molar-refractivity contribution in [3.05, 3.63) is 0 Å². The van der Waals surface area contributed by atoms with Crippen LogP contribution in [0.5, 0.6) is 0 Å².